The average molecular weight is 285 g/mol. The van der Waals surface area contributed by atoms with Crippen molar-refractivity contribution in [2.75, 3.05) is 5.32 Å². The van der Waals surface area contributed by atoms with Crippen molar-refractivity contribution in [1.82, 2.24) is 0 Å². The van der Waals surface area contributed by atoms with E-state index in [-0.39, 0.29) is 11.4 Å². The molecular weight excluding hydrogens is 277 g/mol. The minimum absolute atomic E-state index is 0.0697. The van der Waals surface area contributed by atoms with Crippen LogP contribution in [0.1, 0.15) is 5.56 Å². The maximum atomic E-state index is 12.9. The van der Waals surface area contributed by atoms with E-state index in [2.05, 4.69) is 10.3 Å². The molecule has 0 spiro atoms. The number of rotatable bonds is 2. The predicted octanol–water partition coefficient (Wildman–Crippen LogP) is 2.81. The van der Waals surface area contributed by atoms with Crippen molar-refractivity contribution < 1.29 is 14.1 Å². The van der Waals surface area contributed by atoms with Gasteiger partial charge >= 0.3 is 0 Å². The van der Waals surface area contributed by atoms with Gasteiger partial charge in [0, 0.05) is 17.7 Å². The number of carbonyl (C=O) groups excluding carboxylic acids is 1. The number of nitrogens with zero attached hydrogens (tertiary/aromatic N) is 2. The van der Waals surface area contributed by atoms with Gasteiger partial charge in [0.05, 0.1) is 16.3 Å². The third kappa shape index (κ3) is 2.36. The Labute approximate surface area is 118 Å². The highest BCUT2D eigenvalue weighted by Gasteiger charge is 2.28. The Kier molecular flexibility index (Phi) is 2.94. The molecular formula is C14H8FN3O3. The third-order valence-corrected chi connectivity index (χ3v) is 3.00. The molecule has 0 fully saturated rings. The van der Waals surface area contributed by atoms with Crippen LogP contribution in [0.5, 0.6) is 0 Å². The number of nitro groups is 1. The van der Waals surface area contributed by atoms with Gasteiger partial charge in [0.2, 0.25) is 0 Å². The number of amides is 1. The number of anilines is 1. The largest absolute Gasteiger partial charge is 0.320 e. The van der Waals surface area contributed by atoms with E-state index in [1.165, 1.54) is 42.5 Å². The second kappa shape index (κ2) is 4.78. The second-order valence-electron chi connectivity index (χ2n) is 4.38. The number of carbonyl (C=O) groups is 1. The summed E-state index contributed by atoms with van der Waals surface area (Å²) in [6, 6.07) is 9.34. The van der Waals surface area contributed by atoms with Crippen molar-refractivity contribution in [3.63, 3.8) is 0 Å². The van der Waals surface area contributed by atoms with Crippen molar-refractivity contribution in [2.24, 2.45) is 4.99 Å². The molecule has 3 rings (SSSR count). The van der Waals surface area contributed by atoms with Gasteiger partial charge in [-0.15, -0.1) is 0 Å². The van der Waals surface area contributed by atoms with Gasteiger partial charge in [0.15, 0.2) is 0 Å². The van der Waals surface area contributed by atoms with Gasteiger partial charge in [-0.3, -0.25) is 14.9 Å². The number of nitrogens with one attached hydrogen (secondary N) is 1. The van der Waals surface area contributed by atoms with Crippen molar-refractivity contribution in [3.8, 4) is 0 Å². The van der Waals surface area contributed by atoms with E-state index >= 15 is 0 Å². The average Bonchev–Trinajstić information content (AvgIpc) is 2.77. The number of hydrogen-bond acceptors (Lipinski definition) is 4. The molecule has 0 bridgehead atoms. The van der Waals surface area contributed by atoms with Gasteiger partial charge in [-0.2, -0.15) is 0 Å². The number of halogens is 1. The zero-order valence-electron chi connectivity index (χ0n) is 10.5. The Morgan fingerprint density at radius 1 is 1.14 bits per heavy atom. The van der Waals surface area contributed by atoms with Gasteiger partial charge in [-0.25, -0.2) is 9.38 Å². The molecule has 1 N–H and O–H groups in total. The molecule has 0 unspecified atom stereocenters. The summed E-state index contributed by atoms with van der Waals surface area (Å²) in [7, 11) is 0. The van der Waals surface area contributed by atoms with Gasteiger partial charge in [-0.05, 0) is 30.3 Å². The number of fused-ring (bicyclic) bond motifs is 1. The summed E-state index contributed by atoms with van der Waals surface area (Å²) >= 11 is 0. The third-order valence-electron chi connectivity index (χ3n) is 3.00. The van der Waals surface area contributed by atoms with E-state index in [0.29, 0.717) is 16.9 Å². The van der Waals surface area contributed by atoms with Gasteiger partial charge in [-0.1, -0.05) is 0 Å². The lowest BCUT2D eigenvalue weighted by Gasteiger charge is -1.98. The number of non-ortho nitro benzene ring substituents is 1. The highest BCUT2D eigenvalue weighted by atomic mass is 19.1. The maximum Gasteiger partial charge on any atom is 0.275 e. The van der Waals surface area contributed by atoms with E-state index in [0.717, 1.165) is 0 Å². The lowest BCUT2D eigenvalue weighted by molar-refractivity contribution is -0.384. The number of aliphatic imine (C=N–C) groups is 1. The minimum atomic E-state index is -0.543. The van der Waals surface area contributed by atoms with Crippen LogP contribution in [0.3, 0.4) is 0 Å². The fourth-order valence-electron chi connectivity index (χ4n) is 2.01. The van der Waals surface area contributed by atoms with Crippen LogP contribution in [0.2, 0.25) is 0 Å². The Bertz CT molecular complexity index is 785. The predicted molar refractivity (Wildman–Crippen MR) is 74.3 cm³/mol. The minimum Gasteiger partial charge on any atom is -0.320 e. The van der Waals surface area contributed by atoms with E-state index in [1.807, 2.05) is 0 Å². The van der Waals surface area contributed by atoms with Crippen LogP contribution in [0.25, 0.3) is 0 Å². The first-order valence-electron chi connectivity index (χ1n) is 5.99. The smallest absolute Gasteiger partial charge is 0.275 e. The van der Waals surface area contributed by atoms with Crippen LogP contribution in [0.15, 0.2) is 47.5 Å². The molecule has 1 heterocycles. The summed E-state index contributed by atoms with van der Waals surface area (Å²) in [5.74, 6) is -0.860. The zero-order chi connectivity index (χ0) is 15.0. The standard InChI is InChI=1S/C14H8FN3O3/c15-8-1-3-9(4-2-8)16-13-11-7-10(18(20)21)5-6-12(11)17-14(13)19/h1-7H,(H,16,17,19). The van der Waals surface area contributed by atoms with Gasteiger partial charge in [0.25, 0.3) is 11.6 Å². The first-order valence-corrected chi connectivity index (χ1v) is 5.99. The lowest BCUT2D eigenvalue weighted by Crippen LogP contribution is -2.13. The highest BCUT2D eigenvalue weighted by Crippen LogP contribution is 2.29. The van der Waals surface area contributed by atoms with E-state index in [9.17, 15) is 19.3 Å². The van der Waals surface area contributed by atoms with E-state index in [1.54, 1.807) is 0 Å². The van der Waals surface area contributed by atoms with Crippen LogP contribution in [-0.2, 0) is 4.79 Å². The second-order valence-corrected chi connectivity index (χ2v) is 4.38. The molecule has 0 saturated heterocycles. The topological polar surface area (TPSA) is 84.6 Å². The Morgan fingerprint density at radius 3 is 2.52 bits per heavy atom. The summed E-state index contributed by atoms with van der Waals surface area (Å²) < 4.78 is 12.9. The zero-order valence-corrected chi connectivity index (χ0v) is 10.5. The quantitative estimate of drug-likeness (QED) is 0.680. The van der Waals surface area contributed by atoms with Gasteiger partial charge < -0.3 is 5.32 Å². The molecule has 0 aliphatic carbocycles. The molecule has 1 aliphatic rings. The summed E-state index contributed by atoms with van der Waals surface area (Å²) in [4.78, 5) is 26.3. The maximum absolute atomic E-state index is 12.9. The molecule has 21 heavy (non-hydrogen) atoms. The first kappa shape index (κ1) is 12.9. The van der Waals surface area contributed by atoms with Crippen LogP contribution in [0.4, 0.5) is 21.5 Å². The molecule has 104 valence electrons. The highest BCUT2D eigenvalue weighted by molar-refractivity contribution is 6.54. The molecule has 7 heteroatoms. The fourth-order valence-corrected chi connectivity index (χ4v) is 2.01. The molecule has 6 nitrogen and oxygen atoms in total. The Balaban J connectivity index is 2.09. The van der Waals surface area contributed by atoms with Crippen LogP contribution in [0, 0.1) is 15.9 Å². The van der Waals surface area contributed by atoms with Crippen LogP contribution < -0.4 is 5.32 Å². The molecule has 1 aliphatic heterocycles. The van der Waals surface area contributed by atoms with Crippen molar-refractivity contribution in [3.05, 3.63) is 64.0 Å². The first-order chi connectivity index (χ1) is 10.0. The molecule has 0 saturated carbocycles. The number of hydrogen-bond donors (Lipinski definition) is 1. The lowest BCUT2D eigenvalue weighted by atomic mass is 10.1. The molecule has 0 radical (unpaired) electrons. The number of benzene rings is 2. The number of nitro benzene ring substituents is 1. The van der Waals surface area contributed by atoms with Crippen molar-refractivity contribution in [1.29, 1.82) is 0 Å². The van der Waals surface area contributed by atoms with E-state index in [4.69, 9.17) is 0 Å². The van der Waals surface area contributed by atoms with Gasteiger partial charge in [0.1, 0.15) is 11.5 Å². The van der Waals surface area contributed by atoms with E-state index < -0.39 is 16.6 Å². The molecule has 2 aromatic rings. The fraction of sp³-hybridized carbons (Fsp3) is 0. The SMILES string of the molecule is O=C1Nc2ccc([N+](=O)[O-])cc2C1=Nc1ccc(F)cc1. The van der Waals surface area contributed by atoms with Crippen LogP contribution >= 0.6 is 0 Å². The summed E-state index contributed by atoms with van der Waals surface area (Å²) in [6.45, 7) is 0. The molecule has 1 amide bonds. The molecule has 2 aromatic carbocycles. The summed E-state index contributed by atoms with van der Waals surface area (Å²) in [5.41, 5.74) is 1.16. The van der Waals surface area contributed by atoms with Crippen LogP contribution in [-0.4, -0.2) is 16.5 Å². The summed E-state index contributed by atoms with van der Waals surface area (Å²) in [5, 5.41) is 13.4. The summed E-state index contributed by atoms with van der Waals surface area (Å²) in [6.07, 6.45) is 0. The molecule has 0 atom stereocenters. The van der Waals surface area contributed by atoms with Crippen molar-refractivity contribution in [2.45, 2.75) is 0 Å². The Hall–Kier alpha value is -3.09. The molecule has 0 aromatic heterocycles. The normalized spacial score (nSPS) is 14.9. The monoisotopic (exact) mass is 285 g/mol. The van der Waals surface area contributed by atoms with Crippen molar-refractivity contribution >= 4 is 28.7 Å². The Morgan fingerprint density at radius 2 is 1.86 bits per heavy atom.